The molecule has 0 unspecified atom stereocenters. The quantitative estimate of drug-likeness (QED) is 0.165. The summed E-state index contributed by atoms with van der Waals surface area (Å²) < 4.78 is 35.0. The molecule has 4 aromatic carbocycles. The zero-order chi connectivity index (χ0) is 29.5. The highest BCUT2D eigenvalue weighted by Gasteiger charge is 2.21. The molecule has 7 nitrogen and oxygen atoms in total. The Morgan fingerprint density at radius 1 is 0.690 bits per heavy atom. The molecule has 0 spiro atoms. The third-order valence-electron chi connectivity index (χ3n) is 6.79. The second-order valence-corrected chi connectivity index (χ2v) is 9.56. The van der Waals surface area contributed by atoms with Crippen molar-refractivity contribution in [2.24, 2.45) is 0 Å². The summed E-state index contributed by atoms with van der Waals surface area (Å²) >= 11 is 0. The van der Waals surface area contributed by atoms with Crippen molar-refractivity contribution in [3.05, 3.63) is 123 Å². The Kier molecular flexibility index (Phi) is 8.78. The van der Waals surface area contributed by atoms with Gasteiger partial charge in [-0.05, 0) is 41.8 Å². The zero-order valence-electron chi connectivity index (χ0n) is 24.0. The van der Waals surface area contributed by atoms with Gasteiger partial charge >= 0.3 is 0 Å². The molecule has 0 bridgehead atoms. The molecule has 0 fully saturated rings. The molecule has 0 saturated heterocycles. The largest absolute Gasteiger partial charge is 0.496 e. The van der Waals surface area contributed by atoms with Gasteiger partial charge in [0, 0.05) is 17.7 Å². The van der Waals surface area contributed by atoms with E-state index in [2.05, 4.69) is 0 Å². The molecule has 5 aromatic rings. The summed E-state index contributed by atoms with van der Waals surface area (Å²) in [5, 5.41) is 0.290. The highest BCUT2D eigenvalue weighted by atomic mass is 16.5. The zero-order valence-corrected chi connectivity index (χ0v) is 24.0. The third kappa shape index (κ3) is 6.25. The normalized spacial score (nSPS) is 11.0. The number of rotatable bonds is 11. The van der Waals surface area contributed by atoms with Crippen molar-refractivity contribution in [1.82, 2.24) is 0 Å². The summed E-state index contributed by atoms with van der Waals surface area (Å²) in [4.78, 5) is 13.4. The molecule has 7 heteroatoms. The number of benzene rings is 4. The Hall–Kier alpha value is -5.17. The van der Waals surface area contributed by atoms with Gasteiger partial charge in [-0.2, -0.15) is 0 Å². The predicted molar refractivity (Wildman–Crippen MR) is 164 cm³/mol. The molecule has 0 aliphatic heterocycles. The minimum absolute atomic E-state index is 0.222. The average Bonchev–Trinajstić information content (AvgIpc) is 3.03. The van der Waals surface area contributed by atoms with E-state index in [0.29, 0.717) is 53.3 Å². The summed E-state index contributed by atoms with van der Waals surface area (Å²) in [6, 6.07) is 27.2. The van der Waals surface area contributed by atoms with Gasteiger partial charge in [-0.15, -0.1) is 0 Å². The van der Waals surface area contributed by atoms with Crippen LogP contribution in [0.4, 0.5) is 0 Å². The van der Waals surface area contributed by atoms with Gasteiger partial charge in [0.25, 0.3) is 0 Å². The molecule has 0 aliphatic carbocycles. The molecule has 1 heterocycles. The van der Waals surface area contributed by atoms with E-state index in [9.17, 15) is 4.79 Å². The lowest BCUT2D eigenvalue weighted by Gasteiger charge is -2.14. The fraction of sp³-hybridized carbons (Fsp3) is 0.171. The second kappa shape index (κ2) is 13.0. The van der Waals surface area contributed by atoms with E-state index in [0.717, 1.165) is 16.7 Å². The Bertz CT molecular complexity index is 1690. The fourth-order valence-corrected chi connectivity index (χ4v) is 4.57. The van der Waals surface area contributed by atoms with Crippen molar-refractivity contribution in [1.29, 1.82) is 0 Å². The van der Waals surface area contributed by atoms with E-state index < -0.39 is 0 Å². The van der Waals surface area contributed by atoms with E-state index >= 15 is 0 Å². The van der Waals surface area contributed by atoms with Gasteiger partial charge in [0.15, 0.2) is 16.8 Å². The smallest absolute Gasteiger partial charge is 0.205 e. The number of hydrogen-bond acceptors (Lipinski definition) is 7. The first-order chi connectivity index (χ1) is 20.5. The van der Waals surface area contributed by atoms with Crippen LogP contribution in [0.5, 0.6) is 28.7 Å². The molecule has 0 saturated carbocycles. The summed E-state index contributed by atoms with van der Waals surface area (Å²) in [7, 11) is 4.51. The Morgan fingerprint density at radius 2 is 1.26 bits per heavy atom. The Balaban J connectivity index is 1.52. The maximum Gasteiger partial charge on any atom is 0.205 e. The first kappa shape index (κ1) is 28.4. The minimum Gasteiger partial charge on any atom is -0.496 e. The van der Waals surface area contributed by atoms with Gasteiger partial charge in [-0.1, -0.05) is 66.7 Å². The van der Waals surface area contributed by atoms with Crippen molar-refractivity contribution in [3.63, 3.8) is 0 Å². The highest BCUT2D eigenvalue weighted by Crippen LogP contribution is 2.41. The maximum atomic E-state index is 13.4. The summed E-state index contributed by atoms with van der Waals surface area (Å²) in [6.07, 6.45) is 3.60. The van der Waals surface area contributed by atoms with Crippen LogP contribution in [0, 0.1) is 6.92 Å². The van der Waals surface area contributed by atoms with Crippen molar-refractivity contribution in [3.8, 4) is 28.7 Å². The lowest BCUT2D eigenvalue weighted by Crippen LogP contribution is -2.10. The first-order valence-corrected chi connectivity index (χ1v) is 13.4. The second-order valence-electron chi connectivity index (χ2n) is 9.56. The van der Waals surface area contributed by atoms with Gasteiger partial charge in [0.1, 0.15) is 41.6 Å². The van der Waals surface area contributed by atoms with E-state index in [-0.39, 0.29) is 16.4 Å². The van der Waals surface area contributed by atoms with Crippen molar-refractivity contribution >= 4 is 23.1 Å². The lowest BCUT2D eigenvalue weighted by atomic mass is 10.1. The number of hydrogen-bond donors (Lipinski definition) is 0. The van der Waals surface area contributed by atoms with Crippen LogP contribution in [0.15, 0.2) is 94.1 Å². The van der Waals surface area contributed by atoms with Crippen LogP contribution < -0.4 is 29.1 Å². The van der Waals surface area contributed by atoms with Crippen molar-refractivity contribution < 1.29 is 28.1 Å². The highest BCUT2D eigenvalue weighted by molar-refractivity contribution is 5.92. The van der Waals surface area contributed by atoms with E-state index in [1.54, 1.807) is 19.1 Å². The lowest BCUT2D eigenvalue weighted by molar-refractivity contribution is 0.290. The molecule has 5 rings (SSSR count). The van der Waals surface area contributed by atoms with E-state index in [4.69, 9.17) is 28.1 Å². The van der Waals surface area contributed by atoms with Crippen molar-refractivity contribution in [2.75, 3.05) is 21.3 Å². The van der Waals surface area contributed by atoms with Gasteiger partial charge in [-0.3, -0.25) is 4.79 Å². The van der Waals surface area contributed by atoms with E-state index in [1.165, 1.54) is 21.3 Å². The van der Waals surface area contributed by atoms with Gasteiger partial charge in [0.2, 0.25) is 5.75 Å². The summed E-state index contributed by atoms with van der Waals surface area (Å²) in [5.74, 6) is 2.73. The molecule has 0 aliphatic rings. The van der Waals surface area contributed by atoms with E-state index in [1.807, 2.05) is 84.9 Å². The van der Waals surface area contributed by atoms with Crippen LogP contribution in [0.2, 0.25) is 0 Å². The molecule has 0 atom stereocenters. The molecular weight excluding hydrogens is 532 g/mol. The Labute approximate surface area is 244 Å². The molecule has 1 aromatic heterocycles. The fourth-order valence-electron chi connectivity index (χ4n) is 4.57. The van der Waals surface area contributed by atoms with Crippen LogP contribution in [0.25, 0.3) is 23.1 Å². The van der Waals surface area contributed by atoms with Crippen LogP contribution in [0.3, 0.4) is 0 Å². The average molecular weight is 565 g/mol. The monoisotopic (exact) mass is 564 g/mol. The minimum atomic E-state index is -0.222. The van der Waals surface area contributed by atoms with Crippen LogP contribution in [0.1, 0.15) is 28.0 Å². The standard InChI is InChI=1S/C35H32O7/c1-23-29(42-35-32(33(23)36)30(37-2)20-31(38-3)34(35)39-4)16-15-26-17-27(40-21-24-11-7-5-8-12-24)19-28(18-26)41-22-25-13-9-6-10-14-25/h5-20H,21-22H2,1-4H3/b16-15+. The summed E-state index contributed by atoms with van der Waals surface area (Å²) in [6.45, 7) is 2.54. The first-order valence-electron chi connectivity index (χ1n) is 13.4. The van der Waals surface area contributed by atoms with Crippen LogP contribution in [-0.2, 0) is 13.2 Å². The molecule has 42 heavy (non-hydrogen) atoms. The molecule has 0 amide bonds. The molecule has 214 valence electrons. The SMILES string of the molecule is COc1cc(OC)c2c(=O)c(C)c(/C=C/c3cc(OCc4ccccc4)cc(OCc4ccccc4)c3)oc2c1OC. The topological polar surface area (TPSA) is 76.4 Å². The predicted octanol–water partition coefficient (Wildman–Crippen LogP) is 7.46. The van der Waals surface area contributed by atoms with Crippen LogP contribution >= 0.6 is 0 Å². The van der Waals surface area contributed by atoms with Gasteiger partial charge < -0.3 is 28.1 Å². The van der Waals surface area contributed by atoms with Gasteiger partial charge in [-0.25, -0.2) is 0 Å². The molecule has 0 radical (unpaired) electrons. The number of fused-ring (bicyclic) bond motifs is 1. The number of ether oxygens (including phenoxy) is 5. The van der Waals surface area contributed by atoms with Gasteiger partial charge in [0.05, 0.1) is 21.3 Å². The molecule has 0 N–H and O–H groups in total. The maximum absolute atomic E-state index is 13.4. The van der Waals surface area contributed by atoms with Crippen molar-refractivity contribution in [2.45, 2.75) is 20.1 Å². The molecular formula is C35H32O7. The summed E-state index contributed by atoms with van der Waals surface area (Å²) in [5.41, 5.74) is 3.37. The Morgan fingerprint density at radius 3 is 1.79 bits per heavy atom. The van der Waals surface area contributed by atoms with Crippen LogP contribution in [-0.4, -0.2) is 21.3 Å². The third-order valence-corrected chi connectivity index (χ3v) is 6.79. The number of methoxy groups -OCH3 is 3.